The van der Waals surface area contributed by atoms with E-state index in [0.29, 0.717) is 17.6 Å². The van der Waals surface area contributed by atoms with Crippen LogP contribution in [0.5, 0.6) is 0 Å². The zero-order chi connectivity index (χ0) is 19.0. The van der Waals surface area contributed by atoms with Gasteiger partial charge in [0.15, 0.2) is 5.52 Å². The highest BCUT2D eigenvalue weighted by Gasteiger charge is 2.15. The number of hydrogen-bond donors (Lipinski definition) is 0. The van der Waals surface area contributed by atoms with Crippen LogP contribution in [-0.4, -0.2) is 14.1 Å². The highest BCUT2D eigenvalue weighted by atomic mass is 32.1. The van der Waals surface area contributed by atoms with E-state index in [9.17, 15) is 9.59 Å². The summed E-state index contributed by atoms with van der Waals surface area (Å²) in [6, 6.07) is 13.6. The summed E-state index contributed by atoms with van der Waals surface area (Å²) < 4.78 is 2.94. The molecule has 0 unspecified atom stereocenters. The maximum atomic E-state index is 13.2. The topological polar surface area (TPSA) is 56.9 Å². The van der Waals surface area contributed by atoms with Crippen molar-refractivity contribution in [2.75, 3.05) is 0 Å². The van der Waals surface area contributed by atoms with Crippen molar-refractivity contribution in [1.82, 2.24) is 14.1 Å². The predicted octanol–water partition coefficient (Wildman–Crippen LogP) is 3.33. The summed E-state index contributed by atoms with van der Waals surface area (Å²) in [6.45, 7) is 4.72. The van der Waals surface area contributed by atoms with E-state index in [-0.39, 0.29) is 17.8 Å². The molecule has 3 aromatic heterocycles. The number of pyridine rings is 1. The number of fused-ring (bicyclic) bond motifs is 1. The Morgan fingerprint density at radius 1 is 1.00 bits per heavy atom. The van der Waals surface area contributed by atoms with Crippen LogP contribution in [-0.2, 0) is 13.1 Å². The smallest absolute Gasteiger partial charge is 0.287 e. The molecule has 4 aromatic rings. The van der Waals surface area contributed by atoms with Gasteiger partial charge in [-0.2, -0.15) is 0 Å². The molecule has 3 heterocycles. The molecule has 0 aliphatic heterocycles. The van der Waals surface area contributed by atoms with Crippen LogP contribution in [0.2, 0.25) is 0 Å². The molecule has 0 saturated carbocycles. The number of benzene rings is 1. The second kappa shape index (κ2) is 6.96. The Balaban J connectivity index is 1.95. The van der Waals surface area contributed by atoms with Gasteiger partial charge in [0.2, 0.25) is 0 Å². The Morgan fingerprint density at radius 2 is 1.85 bits per heavy atom. The van der Waals surface area contributed by atoms with E-state index < -0.39 is 0 Å². The summed E-state index contributed by atoms with van der Waals surface area (Å²) >= 11 is 1.53. The predicted molar refractivity (Wildman–Crippen MR) is 109 cm³/mol. The van der Waals surface area contributed by atoms with Gasteiger partial charge < -0.3 is 0 Å². The molecule has 27 heavy (non-hydrogen) atoms. The summed E-state index contributed by atoms with van der Waals surface area (Å²) in [5, 5.41) is 1.94. The molecule has 136 valence electrons. The first-order valence-corrected chi connectivity index (χ1v) is 9.59. The summed E-state index contributed by atoms with van der Waals surface area (Å²) in [7, 11) is 0. The third kappa shape index (κ3) is 3.24. The Labute approximate surface area is 160 Å². The average molecular weight is 377 g/mol. The molecule has 0 atom stereocenters. The lowest BCUT2D eigenvalue weighted by molar-refractivity contribution is 0.636. The van der Waals surface area contributed by atoms with Crippen molar-refractivity contribution < 1.29 is 0 Å². The highest BCUT2D eigenvalue weighted by Crippen LogP contribution is 2.15. The maximum absolute atomic E-state index is 13.2. The number of aryl methyl sites for hydroxylation is 2. The van der Waals surface area contributed by atoms with Gasteiger partial charge in [0.25, 0.3) is 5.56 Å². The van der Waals surface area contributed by atoms with Crippen LogP contribution >= 0.6 is 11.3 Å². The molecule has 0 amide bonds. The molecule has 0 spiro atoms. The molecule has 0 aliphatic rings. The van der Waals surface area contributed by atoms with Crippen molar-refractivity contribution in [3.63, 3.8) is 0 Å². The van der Waals surface area contributed by atoms with E-state index in [1.165, 1.54) is 15.9 Å². The first-order chi connectivity index (χ1) is 13.0. The van der Waals surface area contributed by atoms with E-state index in [4.69, 9.17) is 0 Å². The largest absolute Gasteiger partial charge is 0.332 e. The van der Waals surface area contributed by atoms with Gasteiger partial charge in [-0.25, -0.2) is 9.78 Å². The fourth-order valence-electron chi connectivity index (χ4n) is 3.23. The van der Waals surface area contributed by atoms with Crippen molar-refractivity contribution in [2.45, 2.75) is 26.9 Å². The Kier molecular flexibility index (Phi) is 4.49. The monoisotopic (exact) mass is 377 g/mol. The third-order valence-electron chi connectivity index (χ3n) is 4.71. The molecule has 0 bridgehead atoms. The number of hydrogen-bond acceptors (Lipinski definition) is 4. The Bertz CT molecular complexity index is 1240. The van der Waals surface area contributed by atoms with Crippen LogP contribution in [0.25, 0.3) is 11.0 Å². The lowest BCUT2D eigenvalue weighted by atomic mass is 10.1. The van der Waals surface area contributed by atoms with Gasteiger partial charge in [0, 0.05) is 11.1 Å². The number of aromatic nitrogens is 3. The number of thiophene rings is 1. The Morgan fingerprint density at radius 3 is 2.63 bits per heavy atom. The maximum Gasteiger partial charge on any atom is 0.332 e. The molecule has 5 nitrogen and oxygen atoms in total. The van der Waals surface area contributed by atoms with Gasteiger partial charge in [0.05, 0.1) is 18.6 Å². The van der Waals surface area contributed by atoms with Gasteiger partial charge in [-0.3, -0.25) is 13.9 Å². The van der Waals surface area contributed by atoms with Crippen LogP contribution in [0.1, 0.15) is 21.6 Å². The third-order valence-corrected chi connectivity index (χ3v) is 5.58. The van der Waals surface area contributed by atoms with Gasteiger partial charge in [-0.15, -0.1) is 11.3 Å². The minimum absolute atomic E-state index is 0.259. The van der Waals surface area contributed by atoms with E-state index >= 15 is 0 Å². The van der Waals surface area contributed by atoms with E-state index in [1.807, 2.05) is 31.4 Å². The zero-order valence-electron chi connectivity index (χ0n) is 15.2. The van der Waals surface area contributed by atoms with Crippen molar-refractivity contribution >= 4 is 22.4 Å². The van der Waals surface area contributed by atoms with Gasteiger partial charge >= 0.3 is 5.69 Å². The van der Waals surface area contributed by atoms with Gasteiger partial charge in [-0.05, 0) is 48.6 Å². The van der Waals surface area contributed by atoms with E-state index in [1.54, 1.807) is 22.9 Å². The van der Waals surface area contributed by atoms with Crippen LogP contribution in [0.4, 0.5) is 0 Å². The molecule has 0 radical (unpaired) electrons. The molecule has 0 fully saturated rings. The summed E-state index contributed by atoms with van der Waals surface area (Å²) in [5.41, 5.74) is 3.54. The minimum Gasteiger partial charge on any atom is -0.287 e. The second-order valence-electron chi connectivity index (χ2n) is 6.64. The zero-order valence-corrected chi connectivity index (χ0v) is 16.0. The molecule has 0 saturated heterocycles. The molecule has 0 aliphatic carbocycles. The first-order valence-electron chi connectivity index (χ1n) is 8.71. The SMILES string of the molecule is Cc1ccc(C)c(Cn2c(=O)n(Cc3cccs3)c(=O)c3ncccc32)c1. The molecular formula is C21H19N3O2S. The lowest BCUT2D eigenvalue weighted by Crippen LogP contribution is -2.40. The van der Waals surface area contributed by atoms with Crippen molar-refractivity contribution in [3.05, 3.63) is 96.4 Å². The van der Waals surface area contributed by atoms with Crippen LogP contribution in [0.15, 0.2) is 63.6 Å². The first kappa shape index (κ1) is 17.4. The second-order valence-corrected chi connectivity index (χ2v) is 7.67. The minimum atomic E-state index is -0.346. The summed E-state index contributed by atoms with van der Waals surface area (Å²) in [6.07, 6.45) is 1.59. The normalized spacial score (nSPS) is 11.2. The van der Waals surface area contributed by atoms with Crippen molar-refractivity contribution in [3.8, 4) is 0 Å². The Hall–Kier alpha value is -2.99. The van der Waals surface area contributed by atoms with Crippen LogP contribution in [0.3, 0.4) is 0 Å². The van der Waals surface area contributed by atoms with Gasteiger partial charge in [0.1, 0.15) is 0 Å². The highest BCUT2D eigenvalue weighted by molar-refractivity contribution is 7.09. The van der Waals surface area contributed by atoms with Crippen molar-refractivity contribution in [1.29, 1.82) is 0 Å². The summed E-state index contributed by atoms with van der Waals surface area (Å²) in [5.74, 6) is 0. The molecule has 4 rings (SSSR count). The molecule has 0 N–H and O–H groups in total. The molecule has 6 heteroatoms. The van der Waals surface area contributed by atoms with Gasteiger partial charge in [-0.1, -0.05) is 29.8 Å². The van der Waals surface area contributed by atoms with E-state index in [2.05, 4.69) is 23.2 Å². The standard InChI is InChI=1S/C21H19N3O2S/c1-14-7-8-15(2)16(11-14)12-23-18-6-3-9-22-19(18)20(25)24(21(23)26)13-17-5-4-10-27-17/h3-11H,12-13H2,1-2H3. The van der Waals surface area contributed by atoms with Crippen LogP contribution in [0, 0.1) is 13.8 Å². The number of nitrogens with zero attached hydrogens (tertiary/aromatic N) is 3. The fourth-order valence-corrected chi connectivity index (χ4v) is 3.93. The van der Waals surface area contributed by atoms with Crippen LogP contribution < -0.4 is 11.2 Å². The quantitative estimate of drug-likeness (QED) is 0.548. The molecule has 1 aromatic carbocycles. The summed E-state index contributed by atoms with van der Waals surface area (Å²) in [4.78, 5) is 31.4. The van der Waals surface area contributed by atoms with E-state index in [0.717, 1.165) is 21.6 Å². The lowest BCUT2D eigenvalue weighted by Gasteiger charge is -2.15. The fraction of sp³-hybridized carbons (Fsp3) is 0.190. The average Bonchev–Trinajstić information content (AvgIpc) is 3.18. The van der Waals surface area contributed by atoms with Crippen molar-refractivity contribution in [2.24, 2.45) is 0 Å². The molecular weight excluding hydrogens is 358 g/mol. The number of rotatable bonds is 4.